The van der Waals surface area contributed by atoms with Gasteiger partial charge in [0.2, 0.25) is 0 Å². The van der Waals surface area contributed by atoms with E-state index in [4.69, 9.17) is 15.3 Å². The van der Waals surface area contributed by atoms with E-state index in [1.807, 2.05) is 0 Å². The van der Waals surface area contributed by atoms with E-state index < -0.39 is 23.6 Å². The van der Waals surface area contributed by atoms with Gasteiger partial charge in [0, 0.05) is 13.2 Å². The summed E-state index contributed by atoms with van der Waals surface area (Å²) in [4.78, 5) is 31.1. The lowest BCUT2D eigenvalue weighted by Crippen LogP contribution is -2.22. The van der Waals surface area contributed by atoms with Crippen molar-refractivity contribution in [2.75, 3.05) is 7.05 Å². The zero-order valence-electron chi connectivity index (χ0n) is 6.59. The molecule has 0 fully saturated rings. The van der Waals surface area contributed by atoms with Gasteiger partial charge in [0.15, 0.2) is 5.57 Å². The number of carbonyl (C=O) groups is 3. The highest BCUT2D eigenvalue weighted by molar-refractivity contribution is 6.12. The van der Waals surface area contributed by atoms with Gasteiger partial charge in [0.05, 0.1) is 0 Å². The minimum absolute atomic E-state index is 0.442. The lowest BCUT2D eigenvalue weighted by molar-refractivity contribution is -0.140. The van der Waals surface area contributed by atoms with E-state index in [1.54, 1.807) is 0 Å². The first kappa shape index (κ1) is 11.0. The molecule has 0 atom stereocenters. The molecule has 0 rings (SSSR count). The van der Waals surface area contributed by atoms with Crippen molar-refractivity contribution in [2.45, 2.75) is 0 Å². The summed E-state index contributed by atoms with van der Waals surface area (Å²) >= 11 is 0. The third-order valence-corrected chi connectivity index (χ3v) is 1.09. The summed E-state index contributed by atoms with van der Waals surface area (Å²) < 4.78 is 0. The Morgan fingerprint density at radius 3 is 1.69 bits per heavy atom. The summed E-state index contributed by atoms with van der Waals surface area (Å²) in [5, 5.41) is 24.9. The smallest absolute Gasteiger partial charge is 0.411 e. The Bertz CT molecular complexity index is 265. The van der Waals surface area contributed by atoms with E-state index >= 15 is 0 Å². The molecule has 72 valence electrons. The van der Waals surface area contributed by atoms with E-state index in [-0.39, 0.29) is 0 Å². The molecular formula is C6H7NO6. The Labute approximate surface area is 72.5 Å². The van der Waals surface area contributed by atoms with Crippen LogP contribution in [0.25, 0.3) is 0 Å². The van der Waals surface area contributed by atoms with Crippen molar-refractivity contribution < 1.29 is 29.7 Å². The number of aliphatic carboxylic acids is 2. The van der Waals surface area contributed by atoms with Crippen molar-refractivity contribution >= 4 is 18.0 Å². The summed E-state index contributed by atoms with van der Waals surface area (Å²) in [7, 11) is 1.02. The van der Waals surface area contributed by atoms with Crippen molar-refractivity contribution in [3.05, 3.63) is 11.8 Å². The van der Waals surface area contributed by atoms with Gasteiger partial charge in [0.25, 0.3) is 0 Å². The fraction of sp³-hybridized carbons (Fsp3) is 0.167. The van der Waals surface area contributed by atoms with Crippen LogP contribution in [-0.2, 0) is 9.59 Å². The Kier molecular flexibility index (Phi) is 3.45. The highest BCUT2D eigenvalue weighted by Gasteiger charge is 2.18. The maximum absolute atomic E-state index is 10.2. The van der Waals surface area contributed by atoms with Crippen LogP contribution in [0.15, 0.2) is 11.8 Å². The van der Waals surface area contributed by atoms with E-state index in [2.05, 4.69) is 0 Å². The molecule has 0 aromatic heterocycles. The molecule has 0 unspecified atom stereocenters. The Morgan fingerprint density at radius 2 is 1.46 bits per heavy atom. The molecular weight excluding hydrogens is 182 g/mol. The summed E-state index contributed by atoms with van der Waals surface area (Å²) in [6, 6.07) is 0. The van der Waals surface area contributed by atoms with Gasteiger partial charge in [-0.15, -0.1) is 0 Å². The first-order valence-electron chi connectivity index (χ1n) is 3.00. The SMILES string of the molecule is CN(C=C(C(=O)O)C(=O)O)C(=O)O. The minimum Gasteiger partial charge on any atom is -0.477 e. The van der Waals surface area contributed by atoms with Crippen LogP contribution >= 0.6 is 0 Å². The molecule has 7 nitrogen and oxygen atoms in total. The topological polar surface area (TPSA) is 115 Å². The zero-order chi connectivity index (χ0) is 10.6. The molecule has 0 saturated carbocycles. The Hall–Kier alpha value is -2.05. The first-order valence-corrected chi connectivity index (χ1v) is 3.00. The van der Waals surface area contributed by atoms with Crippen LogP contribution < -0.4 is 0 Å². The minimum atomic E-state index is -1.69. The molecule has 0 aromatic rings. The second-order valence-corrected chi connectivity index (χ2v) is 2.05. The molecule has 1 amide bonds. The number of carboxylic acid groups (broad SMARTS) is 3. The third kappa shape index (κ3) is 3.23. The van der Waals surface area contributed by atoms with E-state index in [0.717, 1.165) is 7.05 Å². The average Bonchev–Trinajstić information content (AvgIpc) is 1.97. The van der Waals surface area contributed by atoms with Gasteiger partial charge in [-0.2, -0.15) is 0 Å². The first-order chi connectivity index (χ1) is 5.86. The maximum atomic E-state index is 10.2. The summed E-state index contributed by atoms with van der Waals surface area (Å²) in [6.45, 7) is 0. The standard InChI is InChI=1S/C6H7NO6/c1-7(6(12)13)2-3(4(8)9)5(10)11/h2H,1H3,(H,8,9)(H,10,11)(H,12,13). The number of carboxylic acids is 2. The fourth-order valence-corrected chi connectivity index (χ4v) is 0.451. The van der Waals surface area contributed by atoms with Crippen LogP contribution in [-0.4, -0.2) is 45.3 Å². The molecule has 7 heteroatoms. The van der Waals surface area contributed by atoms with Crippen LogP contribution in [0.1, 0.15) is 0 Å². The summed E-state index contributed by atoms with van der Waals surface area (Å²) in [5.41, 5.74) is -1.01. The molecule has 0 aliphatic heterocycles. The number of hydrogen-bond donors (Lipinski definition) is 3. The van der Waals surface area contributed by atoms with Gasteiger partial charge in [0.1, 0.15) is 0 Å². The lowest BCUT2D eigenvalue weighted by Gasteiger charge is -2.06. The van der Waals surface area contributed by atoms with Crippen LogP contribution in [0, 0.1) is 0 Å². The largest absolute Gasteiger partial charge is 0.477 e. The molecule has 0 bridgehead atoms. The highest BCUT2D eigenvalue weighted by atomic mass is 16.4. The van der Waals surface area contributed by atoms with E-state index in [0.29, 0.717) is 11.1 Å². The van der Waals surface area contributed by atoms with Crippen molar-refractivity contribution in [3.8, 4) is 0 Å². The van der Waals surface area contributed by atoms with E-state index in [9.17, 15) is 14.4 Å². The Balaban J connectivity index is 4.84. The molecule has 0 radical (unpaired) electrons. The molecule has 0 spiro atoms. The van der Waals surface area contributed by atoms with Crippen molar-refractivity contribution in [2.24, 2.45) is 0 Å². The fourth-order valence-electron chi connectivity index (χ4n) is 0.451. The molecule has 0 aromatic carbocycles. The van der Waals surface area contributed by atoms with Crippen LogP contribution in [0.2, 0.25) is 0 Å². The molecule has 0 aliphatic carbocycles. The van der Waals surface area contributed by atoms with Crippen LogP contribution in [0.5, 0.6) is 0 Å². The normalized spacial score (nSPS) is 8.69. The van der Waals surface area contributed by atoms with Gasteiger partial charge in [-0.25, -0.2) is 14.4 Å². The molecule has 0 aliphatic rings. The molecule has 13 heavy (non-hydrogen) atoms. The molecule has 0 saturated heterocycles. The lowest BCUT2D eigenvalue weighted by atomic mass is 10.3. The average molecular weight is 189 g/mol. The second-order valence-electron chi connectivity index (χ2n) is 2.05. The number of rotatable bonds is 3. The maximum Gasteiger partial charge on any atom is 0.411 e. The second kappa shape index (κ2) is 4.10. The van der Waals surface area contributed by atoms with Crippen LogP contribution in [0.3, 0.4) is 0 Å². The van der Waals surface area contributed by atoms with Crippen molar-refractivity contribution in [1.29, 1.82) is 0 Å². The van der Waals surface area contributed by atoms with E-state index in [1.165, 1.54) is 0 Å². The zero-order valence-corrected chi connectivity index (χ0v) is 6.59. The Morgan fingerprint density at radius 1 is 1.08 bits per heavy atom. The van der Waals surface area contributed by atoms with Gasteiger partial charge in [-0.3, -0.25) is 4.90 Å². The van der Waals surface area contributed by atoms with Crippen molar-refractivity contribution in [3.63, 3.8) is 0 Å². The van der Waals surface area contributed by atoms with Gasteiger partial charge in [-0.1, -0.05) is 0 Å². The highest BCUT2D eigenvalue weighted by Crippen LogP contribution is 1.97. The molecule has 3 N–H and O–H groups in total. The number of hydrogen-bond acceptors (Lipinski definition) is 3. The predicted molar refractivity (Wildman–Crippen MR) is 39.1 cm³/mol. The van der Waals surface area contributed by atoms with Gasteiger partial charge >= 0.3 is 18.0 Å². The summed E-state index contributed by atoms with van der Waals surface area (Å²) in [6.07, 6.45) is -0.937. The summed E-state index contributed by atoms with van der Waals surface area (Å²) in [5.74, 6) is -3.39. The predicted octanol–water partition coefficient (Wildman–Crippen LogP) is -0.351. The molecule has 0 heterocycles. The number of nitrogens with zero attached hydrogens (tertiary/aromatic N) is 1. The van der Waals surface area contributed by atoms with Crippen LogP contribution in [0.4, 0.5) is 4.79 Å². The van der Waals surface area contributed by atoms with Crippen molar-refractivity contribution in [1.82, 2.24) is 4.90 Å². The van der Waals surface area contributed by atoms with Gasteiger partial charge < -0.3 is 15.3 Å². The third-order valence-electron chi connectivity index (χ3n) is 1.09. The van der Waals surface area contributed by atoms with Gasteiger partial charge in [-0.05, 0) is 0 Å². The quantitative estimate of drug-likeness (QED) is 0.317. The number of amides is 1. The monoisotopic (exact) mass is 189 g/mol.